The van der Waals surface area contributed by atoms with Gasteiger partial charge in [0.25, 0.3) is 0 Å². The molecule has 1 saturated heterocycles. The van der Waals surface area contributed by atoms with E-state index in [9.17, 15) is 13.2 Å². The number of amides is 1. The van der Waals surface area contributed by atoms with E-state index >= 15 is 0 Å². The molecular formula is C19H30N2O5S. The first-order chi connectivity index (χ1) is 12.8. The van der Waals surface area contributed by atoms with E-state index in [0.717, 1.165) is 0 Å². The summed E-state index contributed by atoms with van der Waals surface area (Å²) in [6.07, 6.45) is 2.04. The zero-order valence-corrected chi connectivity index (χ0v) is 17.3. The minimum absolute atomic E-state index is 0.155. The molecule has 1 amide bonds. The summed E-state index contributed by atoms with van der Waals surface area (Å²) in [5.41, 5.74) is 0.632. The molecule has 1 fully saturated rings. The molecule has 8 heteroatoms. The molecule has 1 aliphatic heterocycles. The maximum Gasteiger partial charge on any atom is 0.244 e. The zero-order chi connectivity index (χ0) is 20.0. The number of nitrogens with zero attached hydrogens (tertiary/aromatic N) is 1. The highest BCUT2D eigenvalue weighted by molar-refractivity contribution is 7.89. The van der Waals surface area contributed by atoms with Gasteiger partial charge in [0.2, 0.25) is 15.9 Å². The number of hydrogen-bond donors (Lipinski definition) is 1. The Hall–Kier alpha value is -1.64. The number of hydrogen-bond acceptors (Lipinski definition) is 5. The minimum Gasteiger partial charge on any atom is -0.497 e. The molecule has 0 bridgehead atoms. The highest BCUT2D eigenvalue weighted by Crippen LogP contribution is 2.30. The van der Waals surface area contributed by atoms with E-state index in [1.165, 1.54) is 17.5 Å². The highest BCUT2D eigenvalue weighted by Gasteiger charge is 2.40. The molecule has 152 valence electrons. The second-order valence-corrected chi connectivity index (χ2v) is 8.83. The molecule has 0 spiro atoms. The van der Waals surface area contributed by atoms with Crippen LogP contribution in [-0.4, -0.2) is 57.6 Å². The van der Waals surface area contributed by atoms with Crippen LogP contribution in [0.1, 0.15) is 38.7 Å². The average Bonchev–Trinajstić information content (AvgIpc) is 3.12. The van der Waals surface area contributed by atoms with Crippen molar-refractivity contribution in [3.8, 4) is 5.75 Å². The van der Waals surface area contributed by atoms with Gasteiger partial charge in [0.05, 0.1) is 18.1 Å². The number of sulfonamides is 1. The van der Waals surface area contributed by atoms with Crippen molar-refractivity contribution in [3.05, 3.63) is 23.8 Å². The van der Waals surface area contributed by atoms with Gasteiger partial charge in [-0.3, -0.25) is 4.79 Å². The summed E-state index contributed by atoms with van der Waals surface area (Å²) in [6, 6.07) is 4.28. The number of nitrogens with one attached hydrogen (secondary N) is 1. The van der Waals surface area contributed by atoms with Crippen LogP contribution in [0.25, 0.3) is 0 Å². The van der Waals surface area contributed by atoms with Crippen molar-refractivity contribution in [3.63, 3.8) is 0 Å². The first-order valence-corrected chi connectivity index (χ1v) is 10.8. The summed E-state index contributed by atoms with van der Waals surface area (Å²) in [5, 5.41) is 2.84. The number of carbonyl (C=O) groups is 1. The van der Waals surface area contributed by atoms with E-state index in [1.807, 2.05) is 13.8 Å². The van der Waals surface area contributed by atoms with Crippen LogP contribution in [0.3, 0.4) is 0 Å². The van der Waals surface area contributed by atoms with Crippen molar-refractivity contribution in [2.45, 2.75) is 57.1 Å². The van der Waals surface area contributed by atoms with Gasteiger partial charge >= 0.3 is 0 Å². The van der Waals surface area contributed by atoms with E-state index in [4.69, 9.17) is 9.47 Å². The van der Waals surface area contributed by atoms with Crippen LogP contribution in [0.15, 0.2) is 23.1 Å². The first kappa shape index (κ1) is 21.7. The van der Waals surface area contributed by atoms with Crippen molar-refractivity contribution in [2.75, 3.05) is 26.8 Å². The van der Waals surface area contributed by atoms with Gasteiger partial charge in [-0.2, -0.15) is 4.31 Å². The third kappa shape index (κ3) is 5.43. The van der Waals surface area contributed by atoms with Gasteiger partial charge < -0.3 is 14.8 Å². The Bertz CT molecular complexity index is 748. The molecule has 1 aromatic carbocycles. The fraction of sp³-hybridized carbons (Fsp3) is 0.632. The summed E-state index contributed by atoms with van der Waals surface area (Å²) >= 11 is 0. The normalized spacial score (nSPS) is 18.0. The van der Waals surface area contributed by atoms with E-state index in [1.54, 1.807) is 19.1 Å². The zero-order valence-electron chi connectivity index (χ0n) is 16.5. The molecule has 0 radical (unpaired) electrons. The molecule has 1 unspecified atom stereocenters. The predicted molar refractivity (Wildman–Crippen MR) is 103 cm³/mol. The molecule has 7 nitrogen and oxygen atoms in total. The quantitative estimate of drug-likeness (QED) is 0.644. The van der Waals surface area contributed by atoms with E-state index in [-0.39, 0.29) is 16.9 Å². The molecule has 0 aromatic heterocycles. The Kier molecular flexibility index (Phi) is 7.64. The molecule has 1 heterocycles. The number of ether oxygens (including phenoxy) is 2. The van der Waals surface area contributed by atoms with Crippen LogP contribution < -0.4 is 10.1 Å². The maximum atomic E-state index is 13.2. The van der Waals surface area contributed by atoms with Crippen LogP contribution in [0.2, 0.25) is 0 Å². The Labute approximate surface area is 162 Å². The second-order valence-electron chi connectivity index (χ2n) is 6.97. The van der Waals surface area contributed by atoms with Gasteiger partial charge in [-0.15, -0.1) is 0 Å². The lowest BCUT2D eigenvalue weighted by molar-refractivity contribution is -0.124. The van der Waals surface area contributed by atoms with Crippen molar-refractivity contribution in [2.24, 2.45) is 0 Å². The molecule has 0 saturated carbocycles. The van der Waals surface area contributed by atoms with Gasteiger partial charge in [0.1, 0.15) is 11.8 Å². The third-order valence-corrected chi connectivity index (χ3v) is 6.61. The fourth-order valence-electron chi connectivity index (χ4n) is 3.12. The number of carbonyl (C=O) groups excluding carboxylic acids is 1. The number of benzene rings is 1. The smallest absolute Gasteiger partial charge is 0.244 e. The van der Waals surface area contributed by atoms with E-state index in [0.29, 0.717) is 50.3 Å². The summed E-state index contributed by atoms with van der Waals surface area (Å²) in [6.45, 7) is 7.03. The van der Waals surface area contributed by atoms with Crippen LogP contribution in [-0.2, 0) is 19.6 Å². The Morgan fingerprint density at radius 3 is 2.78 bits per heavy atom. The SMILES string of the molecule is COc1ccc(C)c(S(=O)(=O)N2CCCC2C(=O)NCCCOC(C)C)c1. The minimum atomic E-state index is -3.77. The number of aryl methyl sites for hydroxylation is 1. The lowest BCUT2D eigenvalue weighted by Crippen LogP contribution is -2.46. The third-order valence-electron chi connectivity index (χ3n) is 4.56. The lowest BCUT2D eigenvalue weighted by atomic mass is 10.2. The number of methoxy groups -OCH3 is 1. The van der Waals surface area contributed by atoms with Gasteiger partial charge in [-0.25, -0.2) is 8.42 Å². The lowest BCUT2D eigenvalue weighted by Gasteiger charge is -2.24. The van der Waals surface area contributed by atoms with Gasteiger partial charge in [-0.1, -0.05) is 6.07 Å². The summed E-state index contributed by atoms with van der Waals surface area (Å²) in [5.74, 6) is 0.227. The maximum absolute atomic E-state index is 13.2. The largest absolute Gasteiger partial charge is 0.497 e. The molecule has 1 N–H and O–H groups in total. The molecule has 2 rings (SSSR count). The Morgan fingerprint density at radius 2 is 2.11 bits per heavy atom. The summed E-state index contributed by atoms with van der Waals surface area (Å²) in [4.78, 5) is 12.7. The molecular weight excluding hydrogens is 368 g/mol. The van der Waals surface area contributed by atoms with Crippen LogP contribution in [0, 0.1) is 6.92 Å². The number of rotatable bonds is 9. The van der Waals surface area contributed by atoms with Crippen LogP contribution in [0.5, 0.6) is 5.75 Å². The topological polar surface area (TPSA) is 84.9 Å². The first-order valence-electron chi connectivity index (χ1n) is 9.33. The molecule has 27 heavy (non-hydrogen) atoms. The second kappa shape index (κ2) is 9.52. The van der Waals surface area contributed by atoms with Gasteiger partial charge in [0, 0.05) is 25.8 Å². The van der Waals surface area contributed by atoms with Gasteiger partial charge in [0.15, 0.2) is 0 Å². The van der Waals surface area contributed by atoms with Crippen LogP contribution in [0.4, 0.5) is 0 Å². The average molecular weight is 399 g/mol. The predicted octanol–water partition coefficient (Wildman–Crippen LogP) is 2.09. The summed E-state index contributed by atoms with van der Waals surface area (Å²) < 4.78 is 38.2. The van der Waals surface area contributed by atoms with Crippen molar-refractivity contribution in [1.82, 2.24) is 9.62 Å². The molecule has 1 aromatic rings. The fourth-order valence-corrected chi connectivity index (χ4v) is 5.02. The summed E-state index contributed by atoms with van der Waals surface area (Å²) in [7, 11) is -2.28. The monoisotopic (exact) mass is 398 g/mol. The molecule has 1 aliphatic rings. The van der Waals surface area contributed by atoms with Crippen molar-refractivity contribution >= 4 is 15.9 Å². The van der Waals surface area contributed by atoms with E-state index < -0.39 is 16.1 Å². The molecule has 0 aliphatic carbocycles. The van der Waals surface area contributed by atoms with Crippen molar-refractivity contribution in [1.29, 1.82) is 0 Å². The van der Waals surface area contributed by atoms with E-state index in [2.05, 4.69) is 5.32 Å². The van der Waals surface area contributed by atoms with Crippen molar-refractivity contribution < 1.29 is 22.7 Å². The van der Waals surface area contributed by atoms with Crippen LogP contribution >= 0.6 is 0 Å². The Balaban J connectivity index is 2.07. The Morgan fingerprint density at radius 1 is 1.37 bits per heavy atom. The highest BCUT2D eigenvalue weighted by atomic mass is 32.2. The van der Waals surface area contributed by atoms with Gasteiger partial charge in [-0.05, 0) is 51.7 Å². The molecule has 1 atom stereocenters. The standard InChI is InChI=1S/C19H30N2O5S/c1-14(2)26-12-6-10-20-19(22)17-7-5-11-21(17)27(23,24)18-13-16(25-4)9-8-15(18)3/h8-9,13-14,17H,5-7,10-12H2,1-4H3,(H,20,22).